The summed E-state index contributed by atoms with van der Waals surface area (Å²) in [6.45, 7) is 0.712. The lowest BCUT2D eigenvalue weighted by atomic mass is 10.1. The van der Waals surface area contributed by atoms with E-state index in [1.165, 1.54) is 19.2 Å². The molecule has 0 aliphatic carbocycles. The number of methoxy groups -OCH3 is 1. The maximum absolute atomic E-state index is 13.2. The molecule has 166 valence electrons. The third-order valence-corrected chi connectivity index (χ3v) is 6.53. The summed E-state index contributed by atoms with van der Waals surface area (Å²) in [6.07, 6.45) is 0. The number of rotatable bonds is 8. The highest BCUT2D eigenvalue weighted by molar-refractivity contribution is 7.90. The fourth-order valence-electron chi connectivity index (χ4n) is 3.06. The number of hydrogen-bond acceptors (Lipinski definition) is 6. The molecule has 3 rings (SSSR count). The number of anilines is 2. The minimum absolute atomic E-state index is 0.00582. The summed E-state index contributed by atoms with van der Waals surface area (Å²) in [6, 6.07) is 7.10. The number of carbonyl (C=O) groups is 2. The van der Waals surface area contributed by atoms with E-state index in [9.17, 15) is 22.4 Å². The summed E-state index contributed by atoms with van der Waals surface area (Å²) in [5.41, 5.74) is 1.46. The molecule has 0 bridgehead atoms. The summed E-state index contributed by atoms with van der Waals surface area (Å²) in [5.74, 6) is -2.34. The summed E-state index contributed by atoms with van der Waals surface area (Å²) in [5, 5.41) is 8.21. The van der Waals surface area contributed by atoms with Crippen molar-refractivity contribution < 1.29 is 27.1 Å². The number of ether oxygens (including phenoxy) is 1. The molecular formula is C20H21ClFN3O5S. The Morgan fingerprint density at radius 1 is 1.23 bits per heavy atom. The first kappa shape index (κ1) is 23.0. The molecule has 11 heteroatoms. The fraction of sp³-hybridized carbons (Fsp3) is 0.300. The second-order valence-corrected chi connectivity index (χ2v) is 9.50. The van der Waals surface area contributed by atoms with Crippen LogP contribution >= 0.6 is 11.6 Å². The molecule has 1 aliphatic heterocycles. The van der Waals surface area contributed by atoms with Crippen molar-refractivity contribution in [2.24, 2.45) is 0 Å². The van der Waals surface area contributed by atoms with Crippen LogP contribution in [-0.2, 0) is 25.1 Å². The van der Waals surface area contributed by atoms with Crippen LogP contribution in [0.4, 0.5) is 15.8 Å². The number of benzene rings is 2. The van der Waals surface area contributed by atoms with Gasteiger partial charge in [-0.25, -0.2) is 12.8 Å². The van der Waals surface area contributed by atoms with Crippen LogP contribution in [0.3, 0.4) is 0 Å². The Bertz CT molecular complexity index is 1110. The molecule has 2 amide bonds. The predicted octanol–water partition coefficient (Wildman–Crippen LogP) is 2.20. The third kappa shape index (κ3) is 5.93. The van der Waals surface area contributed by atoms with Gasteiger partial charge in [0.05, 0.1) is 29.5 Å². The van der Waals surface area contributed by atoms with Gasteiger partial charge in [0.1, 0.15) is 11.9 Å². The summed E-state index contributed by atoms with van der Waals surface area (Å²) in [4.78, 5) is 24.6. The van der Waals surface area contributed by atoms with Gasteiger partial charge in [-0.2, -0.15) is 0 Å². The van der Waals surface area contributed by atoms with Gasteiger partial charge in [-0.1, -0.05) is 17.7 Å². The quantitative estimate of drug-likeness (QED) is 0.511. The van der Waals surface area contributed by atoms with Crippen molar-refractivity contribution in [1.82, 2.24) is 5.32 Å². The third-order valence-electron chi connectivity index (χ3n) is 4.59. The number of fused-ring (bicyclic) bond motifs is 1. The molecule has 0 saturated carbocycles. The van der Waals surface area contributed by atoms with E-state index in [2.05, 4.69) is 16.0 Å². The lowest BCUT2D eigenvalue weighted by molar-refractivity contribution is -0.116. The molecule has 0 radical (unpaired) electrons. The number of hydrogen-bond donors (Lipinski definition) is 3. The topological polar surface area (TPSA) is 114 Å². The van der Waals surface area contributed by atoms with Crippen LogP contribution in [0.5, 0.6) is 0 Å². The van der Waals surface area contributed by atoms with Crippen LogP contribution in [0.25, 0.3) is 0 Å². The average Bonchev–Trinajstić information content (AvgIpc) is 2.70. The highest BCUT2D eigenvalue weighted by Gasteiger charge is 2.31. The van der Waals surface area contributed by atoms with Gasteiger partial charge in [0.15, 0.2) is 9.84 Å². The Balaban J connectivity index is 1.69. The average molecular weight is 470 g/mol. The molecule has 1 aliphatic rings. The maximum atomic E-state index is 13.2. The first-order valence-electron chi connectivity index (χ1n) is 9.31. The second kappa shape index (κ2) is 9.63. The van der Waals surface area contributed by atoms with Crippen molar-refractivity contribution in [2.75, 3.05) is 36.6 Å². The number of sulfone groups is 1. The molecule has 1 atom stereocenters. The SMILES string of the molecule is COCCNC(=O)c1ccc2c(c1)NC(=O)C(CS(=O)(=O)Cc1ccc(F)cc1Cl)N2. The Labute approximate surface area is 184 Å². The lowest BCUT2D eigenvalue weighted by Crippen LogP contribution is -2.43. The van der Waals surface area contributed by atoms with E-state index >= 15 is 0 Å². The maximum Gasteiger partial charge on any atom is 0.251 e. The van der Waals surface area contributed by atoms with Crippen LogP contribution < -0.4 is 16.0 Å². The van der Waals surface area contributed by atoms with Gasteiger partial charge in [0, 0.05) is 24.2 Å². The van der Waals surface area contributed by atoms with Crippen LogP contribution in [0.2, 0.25) is 5.02 Å². The van der Waals surface area contributed by atoms with Gasteiger partial charge in [-0.15, -0.1) is 0 Å². The molecule has 0 saturated heterocycles. The van der Waals surface area contributed by atoms with E-state index in [4.69, 9.17) is 16.3 Å². The van der Waals surface area contributed by atoms with Gasteiger partial charge in [-0.3, -0.25) is 9.59 Å². The molecule has 1 heterocycles. The monoisotopic (exact) mass is 469 g/mol. The molecule has 0 fully saturated rings. The lowest BCUT2D eigenvalue weighted by Gasteiger charge is -2.27. The van der Waals surface area contributed by atoms with E-state index in [0.717, 1.165) is 12.1 Å². The number of carbonyl (C=O) groups excluding carboxylic acids is 2. The second-order valence-electron chi connectivity index (χ2n) is 6.99. The fourth-order valence-corrected chi connectivity index (χ4v) is 4.96. The van der Waals surface area contributed by atoms with Crippen molar-refractivity contribution in [1.29, 1.82) is 0 Å². The number of halogens is 2. The minimum atomic E-state index is -3.75. The molecule has 31 heavy (non-hydrogen) atoms. The Kier molecular flexibility index (Phi) is 7.14. The molecule has 1 unspecified atom stereocenters. The molecule has 0 aromatic heterocycles. The molecule has 3 N–H and O–H groups in total. The van der Waals surface area contributed by atoms with Crippen LogP contribution in [0, 0.1) is 5.82 Å². The van der Waals surface area contributed by atoms with Gasteiger partial charge in [0.2, 0.25) is 5.91 Å². The van der Waals surface area contributed by atoms with Crippen molar-refractivity contribution in [3.05, 3.63) is 58.4 Å². The molecule has 2 aromatic rings. The summed E-state index contributed by atoms with van der Waals surface area (Å²) in [7, 11) is -2.22. The van der Waals surface area contributed by atoms with E-state index in [-0.39, 0.29) is 16.5 Å². The minimum Gasteiger partial charge on any atom is -0.383 e. The summed E-state index contributed by atoms with van der Waals surface area (Å²) >= 11 is 5.92. The normalized spacial score (nSPS) is 15.6. The van der Waals surface area contributed by atoms with E-state index < -0.39 is 39.1 Å². The number of amides is 2. The van der Waals surface area contributed by atoms with Crippen molar-refractivity contribution in [3.63, 3.8) is 0 Å². The summed E-state index contributed by atoms with van der Waals surface area (Å²) < 4.78 is 43.2. The van der Waals surface area contributed by atoms with Crippen LogP contribution in [0.15, 0.2) is 36.4 Å². The van der Waals surface area contributed by atoms with Gasteiger partial charge < -0.3 is 20.7 Å². The highest BCUT2D eigenvalue weighted by atomic mass is 35.5. The predicted molar refractivity (Wildman–Crippen MR) is 116 cm³/mol. The largest absolute Gasteiger partial charge is 0.383 e. The zero-order valence-electron chi connectivity index (χ0n) is 16.6. The Hall–Kier alpha value is -2.69. The van der Waals surface area contributed by atoms with Crippen molar-refractivity contribution in [3.8, 4) is 0 Å². The standard InChI is InChI=1S/C20H21ClFN3O5S/c1-30-7-6-23-19(26)12-3-5-16-17(8-12)25-20(27)18(24-16)11-31(28,29)10-13-2-4-14(22)9-15(13)21/h2-5,8-9,18,24H,6-7,10-11H2,1H3,(H,23,26)(H,25,27). The highest BCUT2D eigenvalue weighted by Crippen LogP contribution is 2.29. The van der Waals surface area contributed by atoms with Crippen LogP contribution in [0.1, 0.15) is 15.9 Å². The first-order valence-corrected chi connectivity index (χ1v) is 11.5. The Morgan fingerprint density at radius 2 is 2.00 bits per heavy atom. The van der Waals surface area contributed by atoms with Gasteiger partial charge in [-0.05, 0) is 35.9 Å². The van der Waals surface area contributed by atoms with Crippen molar-refractivity contribution in [2.45, 2.75) is 11.8 Å². The van der Waals surface area contributed by atoms with E-state index in [0.29, 0.717) is 30.1 Å². The molecule has 0 spiro atoms. The van der Waals surface area contributed by atoms with E-state index in [1.54, 1.807) is 12.1 Å². The first-order chi connectivity index (χ1) is 14.7. The molecule has 2 aromatic carbocycles. The molecule has 8 nitrogen and oxygen atoms in total. The van der Waals surface area contributed by atoms with Crippen LogP contribution in [-0.4, -0.2) is 52.3 Å². The van der Waals surface area contributed by atoms with Gasteiger partial charge >= 0.3 is 0 Å². The Morgan fingerprint density at radius 3 is 2.71 bits per heavy atom. The zero-order valence-corrected chi connectivity index (χ0v) is 18.1. The zero-order chi connectivity index (χ0) is 22.6. The van der Waals surface area contributed by atoms with Gasteiger partial charge in [0.25, 0.3) is 5.91 Å². The number of nitrogens with one attached hydrogen (secondary N) is 3. The molecular weight excluding hydrogens is 449 g/mol. The smallest absolute Gasteiger partial charge is 0.251 e. The van der Waals surface area contributed by atoms with Crippen molar-refractivity contribution >= 4 is 44.6 Å². The van der Waals surface area contributed by atoms with E-state index in [1.807, 2.05) is 0 Å².